The fourth-order valence-electron chi connectivity index (χ4n) is 5.29. The number of para-hydroxylation sites is 1. The summed E-state index contributed by atoms with van der Waals surface area (Å²) >= 11 is 8.16. The van der Waals surface area contributed by atoms with Crippen LogP contribution >= 0.6 is 23.4 Å². The highest BCUT2D eigenvalue weighted by atomic mass is 35.5. The highest BCUT2D eigenvalue weighted by Gasteiger charge is 2.53. The normalized spacial score (nSPS) is 19.9. The number of anilines is 2. The zero-order valence-corrected chi connectivity index (χ0v) is 21.7. The van der Waals surface area contributed by atoms with Gasteiger partial charge in [0.2, 0.25) is 0 Å². The van der Waals surface area contributed by atoms with Crippen LogP contribution in [0.2, 0.25) is 5.02 Å². The molecule has 7 heteroatoms. The Hall–Kier alpha value is -2.15. The van der Waals surface area contributed by atoms with Crippen LogP contribution in [0.4, 0.5) is 16.2 Å². The van der Waals surface area contributed by atoms with Gasteiger partial charge in [0.15, 0.2) is 5.60 Å². The van der Waals surface area contributed by atoms with Crippen molar-refractivity contribution in [2.24, 2.45) is 0 Å². The first-order valence-electron chi connectivity index (χ1n) is 12.0. The lowest BCUT2D eigenvalue weighted by atomic mass is 9.87. The molecule has 3 aliphatic rings. The molecule has 0 atom stereocenters. The van der Waals surface area contributed by atoms with E-state index in [2.05, 4.69) is 52.8 Å². The third kappa shape index (κ3) is 4.21. The van der Waals surface area contributed by atoms with Crippen molar-refractivity contribution in [1.82, 2.24) is 9.80 Å². The van der Waals surface area contributed by atoms with Gasteiger partial charge in [-0.2, -0.15) is 0 Å². The number of halogens is 1. The minimum absolute atomic E-state index is 0.259. The molecule has 5 rings (SSSR count). The molecule has 34 heavy (non-hydrogen) atoms. The van der Waals surface area contributed by atoms with Crippen LogP contribution in [0.3, 0.4) is 0 Å². The number of hydrogen-bond acceptors (Lipinski definition) is 5. The minimum Gasteiger partial charge on any atom is -0.436 e. The Morgan fingerprint density at radius 3 is 2.47 bits per heavy atom. The molecule has 1 amide bonds. The predicted molar refractivity (Wildman–Crippen MR) is 139 cm³/mol. The molecule has 0 radical (unpaired) electrons. The smallest absolute Gasteiger partial charge is 0.415 e. The number of nitrogens with zero attached hydrogens (tertiary/aromatic N) is 3. The molecule has 0 N–H and O–H groups in total. The number of likely N-dealkylation sites (tertiary alicyclic amines) is 1. The molecule has 0 bridgehead atoms. The fourth-order valence-corrected chi connectivity index (χ4v) is 6.53. The first-order chi connectivity index (χ1) is 16.2. The first-order valence-corrected chi connectivity index (χ1v) is 13.2. The summed E-state index contributed by atoms with van der Waals surface area (Å²) < 4.78 is 5.92. The van der Waals surface area contributed by atoms with Crippen LogP contribution in [0.25, 0.3) is 0 Å². The van der Waals surface area contributed by atoms with Gasteiger partial charge in [-0.15, -0.1) is 0 Å². The van der Waals surface area contributed by atoms with E-state index in [-0.39, 0.29) is 11.6 Å². The highest BCUT2D eigenvalue weighted by Crippen LogP contribution is 2.49. The second-order valence-electron chi connectivity index (χ2n) is 10.3. The molecule has 2 aromatic rings. The molecule has 2 aromatic carbocycles. The number of carbonyl (C=O) groups excluding carboxylic acids is 1. The zero-order chi connectivity index (χ0) is 24.1. The molecule has 2 saturated heterocycles. The molecule has 3 heterocycles. The van der Waals surface area contributed by atoms with Crippen molar-refractivity contribution in [2.45, 2.75) is 61.0 Å². The van der Waals surface area contributed by atoms with Crippen LogP contribution in [0.5, 0.6) is 0 Å². The quantitative estimate of drug-likeness (QED) is 0.457. The largest absolute Gasteiger partial charge is 0.436 e. The van der Waals surface area contributed by atoms with E-state index in [1.165, 1.54) is 21.2 Å². The standard InChI is InChI=1S/C27H32ClN3O2S/c1-19-27(33-25(32)31(19)26(2,3)4)12-16-29(17-13-27)14-7-15-30-21-8-5-6-9-23(21)34-24-11-10-20(28)18-22(24)30/h5-6,8-11,18H,1,7,12-17H2,2-4H3. The van der Waals surface area contributed by atoms with Gasteiger partial charge in [-0.1, -0.05) is 42.1 Å². The number of amides is 1. The van der Waals surface area contributed by atoms with Gasteiger partial charge < -0.3 is 14.5 Å². The number of fused-ring (bicyclic) bond motifs is 2. The molecule has 2 fully saturated rings. The summed E-state index contributed by atoms with van der Waals surface area (Å²) in [6.07, 6.45) is 2.37. The van der Waals surface area contributed by atoms with Crippen LogP contribution in [0.1, 0.15) is 40.0 Å². The lowest BCUT2D eigenvalue weighted by molar-refractivity contribution is 0.0145. The zero-order valence-electron chi connectivity index (χ0n) is 20.1. The van der Waals surface area contributed by atoms with E-state index in [1.54, 1.807) is 16.7 Å². The number of ether oxygens (including phenoxy) is 1. The number of hydrogen-bond donors (Lipinski definition) is 0. The predicted octanol–water partition coefficient (Wildman–Crippen LogP) is 6.93. The van der Waals surface area contributed by atoms with Gasteiger partial charge in [0.05, 0.1) is 17.1 Å². The van der Waals surface area contributed by atoms with Crippen LogP contribution in [-0.2, 0) is 4.74 Å². The monoisotopic (exact) mass is 497 g/mol. The number of benzene rings is 2. The average Bonchev–Trinajstić information content (AvgIpc) is 3.04. The van der Waals surface area contributed by atoms with Gasteiger partial charge in [0, 0.05) is 52.8 Å². The first kappa shape index (κ1) is 23.6. The maximum atomic E-state index is 12.6. The molecule has 3 aliphatic heterocycles. The molecule has 0 aromatic heterocycles. The van der Waals surface area contributed by atoms with Crippen molar-refractivity contribution >= 4 is 40.8 Å². The average molecular weight is 498 g/mol. The summed E-state index contributed by atoms with van der Waals surface area (Å²) in [6, 6.07) is 14.7. The van der Waals surface area contributed by atoms with E-state index in [1.807, 2.05) is 26.8 Å². The molecule has 0 unspecified atom stereocenters. The second kappa shape index (κ2) is 8.81. The van der Waals surface area contributed by atoms with Crippen molar-refractivity contribution in [2.75, 3.05) is 31.1 Å². The summed E-state index contributed by atoms with van der Waals surface area (Å²) in [6.45, 7) is 14.1. The van der Waals surface area contributed by atoms with Crippen molar-refractivity contribution in [3.63, 3.8) is 0 Å². The van der Waals surface area contributed by atoms with E-state index in [9.17, 15) is 4.79 Å². The number of rotatable bonds is 4. The fraction of sp³-hybridized carbons (Fsp3) is 0.444. The van der Waals surface area contributed by atoms with E-state index >= 15 is 0 Å². The molecule has 180 valence electrons. The Balaban J connectivity index is 1.22. The molecule has 1 spiro atoms. The highest BCUT2D eigenvalue weighted by molar-refractivity contribution is 7.99. The van der Waals surface area contributed by atoms with E-state index in [0.717, 1.165) is 56.2 Å². The van der Waals surface area contributed by atoms with Gasteiger partial charge in [0.1, 0.15) is 0 Å². The minimum atomic E-state index is -0.542. The molecule has 5 nitrogen and oxygen atoms in total. The third-order valence-corrected chi connectivity index (χ3v) is 8.40. The molecule has 0 saturated carbocycles. The molecule has 0 aliphatic carbocycles. The molecular formula is C27H32ClN3O2S. The van der Waals surface area contributed by atoms with E-state index in [4.69, 9.17) is 16.3 Å². The van der Waals surface area contributed by atoms with Gasteiger partial charge in [-0.3, -0.25) is 4.90 Å². The Morgan fingerprint density at radius 1 is 1.06 bits per heavy atom. The summed E-state index contributed by atoms with van der Waals surface area (Å²) in [5.74, 6) is 0. The molecular weight excluding hydrogens is 466 g/mol. The van der Waals surface area contributed by atoms with Crippen molar-refractivity contribution in [3.8, 4) is 0 Å². The Kier molecular flexibility index (Phi) is 6.11. The Labute approximate surface area is 211 Å². The summed E-state index contributed by atoms with van der Waals surface area (Å²) in [5, 5.41) is 0.765. The van der Waals surface area contributed by atoms with Gasteiger partial charge in [-0.25, -0.2) is 4.79 Å². The van der Waals surface area contributed by atoms with Crippen LogP contribution in [-0.4, -0.2) is 53.2 Å². The lowest BCUT2D eigenvalue weighted by Gasteiger charge is -2.40. The van der Waals surface area contributed by atoms with Gasteiger partial charge >= 0.3 is 6.09 Å². The van der Waals surface area contributed by atoms with Crippen molar-refractivity contribution in [1.29, 1.82) is 0 Å². The number of carbonyl (C=O) groups is 1. The Morgan fingerprint density at radius 2 is 1.76 bits per heavy atom. The van der Waals surface area contributed by atoms with Crippen molar-refractivity contribution in [3.05, 3.63) is 59.8 Å². The maximum absolute atomic E-state index is 12.6. The maximum Gasteiger partial charge on any atom is 0.415 e. The Bertz CT molecular complexity index is 1120. The third-order valence-electron chi connectivity index (χ3n) is 7.04. The summed E-state index contributed by atoms with van der Waals surface area (Å²) in [4.78, 5) is 21.7. The van der Waals surface area contributed by atoms with E-state index in [0.29, 0.717) is 0 Å². The van der Waals surface area contributed by atoms with Gasteiger partial charge in [-0.05, 0) is 64.1 Å². The second-order valence-corrected chi connectivity index (χ2v) is 11.9. The van der Waals surface area contributed by atoms with Crippen molar-refractivity contribution < 1.29 is 9.53 Å². The summed E-state index contributed by atoms with van der Waals surface area (Å²) in [5.41, 5.74) is 2.39. The van der Waals surface area contributed by atoms with Crippen LogP contribution < -0.4 is 4.90 Å². The summed E-state index contributed by atoms with van der Waals surface area (Å²) in [7, 11) is 0. The van der Waals surface area contributed by atoms with Gasteiger partial charge in [0.25, 0.3) is 0 Å². The lowest BCUT2D eigenvalue weighted by Crippen LogP contribution is -2.47. The number of piperidine rings is 1. The van der Waals surface area contributed by atoms with Crippen LogP contribution in [0.15, 0.2) is 64.5 Å². The SMILES string of the molecule is C=C1N(C(C)(C)C)C(=O)OC12CCN(CCCN1c3ccccc3Sc3ccc(Cl)cc31)CC2. The van der Waals surface area contributed by atoms with E-state index < -0.39 is 5.60 Å². The topological polar surface area (TPSA) is 36.0 Å². The van der Waals surface area contributed by atoms with Crippen LogP contribution in [0, 0.1) is 0 Å².